The topological polar surface area (TPSA) is 86.3 Å². The van der Waals surface area contributed by atoms with Gasteiger partial charge < -0.3 is 10.0 Å². The SMILES string of the molecule is O=C(O)[C@H]1CCCCN1C(=O)c1cccc2cn[nH]c12. The van der Waals surface area contributed by atoms with Crippen molar-refractivity contribution in [2.75, 3.05) is 6.54 Å². The number of aromatic nitrogens is 2. The summed E-state index contributed by atoms with van der Waals surface area (Å²) in [5.41, 5.74) is 1.14. The molecule has 6 heteroatoms. The Morgan fingerprint density at radius 2 is 2.20 bits per heavy atom. The maximum Gasteiger partial charge on any atom is 0.326 e. The molecule has 1 aliphatic heterocycles. The number of carboxylic acids is 1. The van der Waals surface area contributed by atoms with Gasteiger partial charge in [0.2, 0.25) is 0 Å². The predicted molar refractivity (Wildman–Crippen MR) is 72.4 cm³/mol. The Bertz CT molecular complexity index is 664. The fourth-order valence-electron chi connectivity index (χ4n) is 2.73. The maximum absolute atomic E-state index is 12.6. The second-order valence-corrected chi connectivity index (χ2v) is 4.99. The van der Waals surface area contributed by atoms with Crippen molar-refractivity contribution >= 4 is 22.8 Å². The second kappa shape index (κ2) is 4.96. The summed E-state index contributed by atoms with van der Waals surface area (Å²) in [5.74, 6) is -1.18. The van der Waals surface area contributed by atoms with Gasteiger partial charge in [0.15, 0.2) is 0 Å². The molecule has 20 heavy (non-hydrogen) atoms. The van der Waals surface area contributed by atoms with Gasteiger partial charge in [-0.25, -0.2) is 4.79 Å². The summed E-state index contributed by atoms with van der Waals surface area (Å²) in [5, 5.41) is 16.8. The Balaban J connectivity index is 1.98. The third kappa shape index (κ3) is 2.03. The van der Waals surface area contributed by atoms with Crippen LogP contribution in [-0.2, 0) is 4.79 Å². The number of likely N-dealkylation sites (tertiary alicyclic amines) is 1. The van der Waals surface area contributed by atoms with Crippen LogP contribution in [0.4, 0.5) is 0 Å². The van der Waals surface area contributed by atoms with Crippen molar-refractivity contribution in [3.63, 3.8) is 0 Å². The lowest BCUT2D eigenvalue weighted by Gasteiger charge is -2.33. The highest BCUT2D eigenvalue weighted by atomic mass is 16.4. The van der Waals surface area contributed by atoms with Crippen LogP contribution in [0, 0.1) is 0 Å². The number of carboxylic acid groups (broad SMARTS) is 1. The third-order valence-corrected chi connectivity index (χ3v) is 3.76. The van der Waals surface area contributed by atoms with Gasteiger partial charge in [0.05, 0.1) is 17.3 Å². The monoisotopic (exact) mass is 273 g/mol. The largest absolute Gasteiger partial charge is 0.480 e. The number of aromatic amines is 1. The number of carbonyl (C=O) groups excluding carboxylic acids is 1. The molecule has 2 heterocycles. The molecule has 1 aromatic carbocycles. The molecule has 6 nitrogen and oxygen atoms in total. The van der Waals surface area contributed by atoms with Crippen molar-refractivity contribution < 1.29 is 14.7 Å². The Labute approximate surface area is 115 Å². The smallest absolute Gasteiger partial charge is 0.326 e. The van der Waals surface area contributed by atoms with E-state index in [4.69, 9.17) is 0 Å². The first-order valence-electron chi connectivity index (χ1n) is 6.64. The molecule has 0 bridgehead atoms. The molecule has 1 aliphatic rings. The number of nitrogens with one attached hydrogen (secondary N) is 1. The highest BCUT2D eigenvalue weighted by Crippen LogP contribution is 2.23. The zero-order chi connectivity index (χ0) is 14.1. The van der Waals surface area contributed by atoms with Crippen LogP contribution in [-0.4, -0.2) is 44.7 Å². The fraction of sp³-hybridized carbons (Fsp3) is 0.357. The molecule has 1 saturated heterocycles. The quantitative estimate of drug-likeness (QED) is 0.871. The highest BCUT2D eigenvalue weighted by Gasteiger charge is 2.33. The van der Waals surface area contributed by atoms with E-state index in [9.17, 15) is 14.7 Å². The van der Waals surface area contributed by atoms with E-state index < -0.39 is 12.0 Å². The van der Waals surface area contributed by atoms with E-state index in [-0.39, 0.29) is 5.91 Å². The molecule has 0 spiro atoms. The van der Waals surface area contributed by atoms with Crippen LogP contribution in [0.2, 0.25) is 0 Å². The van der Waals surface area contributed by atoms with E-state index in [2.05, 4.69) is 10.2 Å². The molecule has 2 N–H and O–H groups in total. The van der Waals surface area contributed by atoms with Crippen molar-refractivity contribution in [3.05, 3.63) is 30.0 Å². The standard InChI is InChI=1S/C14H15N3O3/c18-13(17-7-2-1-6-11(17)14(19)20)10-5-3-4-9-8-15-16-12(9)10/h3-5,8,11H,1-2,6-7H2,(H,15,16)(H,19,20)/t11-/m1/s1. The minimum atomic E-state index is -0.935. The number of piperidine rings is 1. The summed E-state index contributed by atoms with van der Waals surface area (Å²) in [6.45, 7) is 0.486. The number of benzene rings is 1. The minimum Gasteiger partial charge on any atom is -0.480 e. The first kappa shape index (κ1) is 12.7. The summed E-state index contributed by atoms with van der Waals surface area (Å²) >= 11 is 0. The van der Waals surface area contributed by atoms with E-state index in [1.165, 1.54) is 4.90 Å². The highest BCUT2D eigenvalue weighted by molar-refractivity contribution is 6.06. The van der Waals surface area contributed by atoms with Gasteiger partial charge in [0.1, 0.15) is 6.04 Å². The van der Waals surface area contributed by atoms with Crippen molar-refractivity contribution in [1.29, 1.82) is 0 Å². The van der Waals surface area contributed by atoms with Crippen LogP contribution in [0.25, 0.3) is 10.9 Å². The molecule has 0 unspecified atom stereocenters. The van der Waals surface area contributed by atoms with Crippen molar-refractivity contribution in [2.24, 2.45) is 0 Å². The summed E-state index contributed by atoms with van der Waals surface area (Å²) in [7, 11) is 0. The molecule has 0 radical (unpaired) electrons. The van der Waals surface area contributed by atoms with Crippen molar-refractivity contribution in [2.45, 2.75) is 25.3 Å². The predicted octanol–water partition coefficient (Wildman–Crippen LogP) is 1.64. The second-order valence-electron chi connectivity index (χ2n) is 4.99. The van der Waals surface area contributed by atoms with E-state index in [0.29, 0.717) is 24.0 Å². The van der Waals surface area contributed by atoms with Crippen LogP contribution < -0.4 is 0 Å². The summed E-state index contributed by atoms with van der Waals surface area (Å²) in [4.78, 5) is 25.4. The molecule has 3 rings (SSSR count). The molecule has 1 fully saturated rings. The van der Waals surface area contributed by atoms with E-state index in [1.807, 2.05) is 6.07 Å². The Morgan fingerprint density at radius 3 is 3.00 bits per heavy atom. The number of hydrogen-bond donors (Lipinski definition) is 2. The van der Waals surface area contributed by atoms with E-state index >= 15 is 0 Å². The minimum absolute atomic E-state index is 0.244. The summed E-state index contributed by atoms with van der Waals surface area (Å²) in [6, 6.07) is 4.62. The molecule has 1 aromatic heterocycles. The first-order chi connectivity index (χ1) is 9.68. The van der Waals surface area contributed by atoms with Gasteiger partial charge in [-0.1, -0.05) is 12.1 Å². The number of fused-ring (bicyclic) bond motifs is 1. The van der Waals surface area contributed by atoms with Gasteiger partial charge in [-0.2, -0.15) is 5.10 Å². The summed E-state index contributed by atoms with van der Waals surface area (Å²) in [6.07, 6.45) is 3.85. The van der Waals surface area contributed by atoms with Gasteiger partial charge >= 0.3 is 5.97 Å². The number of rotatable bonds is 2. The fourth-order valence-corrected chi connectivity index (χ4v) is 2.73. The van der Waals surface area contributed by atoms with Gasteiger partial charge in [0, 0.05) is 11.9 Å². The molecule has 104 valence electrons. The molecule has 0 aliphatic carbocycles. The van der Waals surface area contributed by atoms with Crippen LogP contribution in [0.1, 0.15) is 29.6 Å². The zero-order valence-electron chi connectivity index (χ0n) is 10.9. The summed E-state index contributed by atoms with van der Waals surface area (Å²) < 4.78 is 0. The van der Waals surface area contributed by atoms with Crippen LogP contribution in [0.5, 0.6) is 0 Å². The average molecular weight is 273 g/mol. The van der Waals surface area contributed by atoms with E-state index in [1.54, 1.807) is 18.3 Å². The number of para-hydroxylation sites is 1. The number of carbonyl (C=O) groups is 2. The van der Waals surface area contributed by atoms with Crippen LogP contribution in [0.15, 0.2) is 24.4 Å². The molecular formula is C14H15N3O3. The van der Waals surface area contributed by atoms with Gasteiger partial charge in [0.25, 0.3) is 5.91 Å². The number of amides is 1. The molecule has 1 amide bonds. The first-order valence-corrected chi connectivity index (χ1v) is 6.64. The lowest BCUT2D eigenvalue weighted by atomic mass is 10.0. The maximum atomic E-state index is 12.6. The lowest BCUT2D eigenvalue weighted by Crippen LogP contribution is -2.48. The number of H-pyrrole nitrogens is 1. The average Bonchev–Trinajstić information content (AvgIpc) is 2.94. The van der Waals surface area contributed by atoms with Crippen LogP contribution in [0.3, 0.4) is 0 Å². The van der Waals surface area contributed by atoms with Gasteiger partial charge in [-0.15, -0.1) is 0 Å². The Morgan fingerprint density at radius 1 is 1.35 bits per heavy atom. The number of nitrogens with zero attached hydrogens (tertiary/aromatic N) is 2. The molecular weight excluding hydrogens is 258 g/mol. The molecule has 1 atom stereocenters. The van der Waals surface area contributed by atoms with Gasteiger partial charge in [-0.3, -0.25) is 9.89 Å². The normalized spacial score (nSPS) is 19.2. The van der Waals surface area contributed by atoms with Crippen molar-refractivity contribution in [1.82, 2.24) is 15.1 Å². The molecule has 0 saturated carbocycles. The number of hydrogen-bond acceptors (Lipinski definition) is 3. The molecule has 2 aromatic rings. The zero-order valence-corrected chi connectivity index (χ0v) is 10.9. The lowest BCUT2D eigenvalue weighted by molar-refractivity contribution is -0.143. The number of aliphatic carboxylic acids is 1. The Kier molecular flexibility index (Phi) is 3.14. The van der Waals surface area contributed by atoms with Crippen molar-refractivity contribution in [3.8, 4) is 0 Å². The van der Waals surface area contributed by atoms with Crippen LogP contribution >= 0.6 is 0 Å². The van der Waals surface area contributed by atoms with E-state index in [0.717, 1.165) is 18.2 Å². The van der Waals surface area contributed by atoms with Gasteiger partial charge in [-0.05, 0) is 25.3 Å². The Hall–Kier alpha value is -2.37. The third-order valence-electron chi connectivity index (χ3n) is 3.76.